The van der Waals surface area contributed by atoms with E-state index in [0.29, 0.717) is 62.5 Å². The zero-order valence-electron chi connectivity index (χ0n) is 27.2. The number of carbonyl (C=O) groups is 2. The first-order chi connectivity index (χ1) is 22.8. The summed E-state index contributed by atoms with van der Waals surface area (Å²) in [7, 11) is 0. The van der Waals surface area contributed by atoms with E-state index in [-0.39, 0.29) is 17.8 Å². The zero-order chi connectivity index (χ0) is 34.4. The summed E-state index contributed by atoms with van der Waals surface area (Å²) in [5, 5.41) is 9.11. The van der Waals surface area contributed by atoms with Crippen LogP contribution in [0.1, 0.15) is 68.8 Å². The number of aromatic nitrogens is 3. The minimum atomic E-state index is -4.58. The van der Waals surface area contributed by atoms with Crippen molar-refractivity contribution in [3.63, 3.8) is 0 Å². The Kier molecular flexibility index (Phi) is 10.4. The third-order valence-corrected chi connectivity index (χ3v) is 7.52. The predicted molar refractivity (Wildman–Crippen MR) is 172 cm³/mol. The van der Waals surface area contributed by atoms with Crippen molar-refractivity contribution in [3.05, 3.63) is 59.7 Å². The molecule has 0 atom stereocenters. The van der Waals surface area contributed by atoms with Crippen molar-refractivity contribution in [1.29, 1.82) is 0 Å². The van der Waals surface area contributed by atoms with E-state index in [1.807, 2.05) is 45.0 Å². The van der Waals surface area contributed by atoms with Gasteiger partial charge in [0.1, 0.15) is 11.4 Å². The summed E-state index contributed by atoms with van der Waals surface area (Å²) in [5.74, 6) is 0.384. The number of halogens is 3. The Balaban J connectivity index is 1.37. The molecule has 6 bridgehead atoms. The summed E-state index contributed by atoms with van der Waals surface area (Å²) in [6, 6.07) is 13.5. The van der Waals surface area contributed by atoms with Gasteiger partial charge in [0.15, 0.2) is 6.61 Å². The molecule has 1 aliphatic carbocycles. The van der Waals surface area contributed by atoms with Crippen molar-refractivity contribution in [2.75, 3.05) is 43.5 Å². The maximum atomic E-state index is 12.9. The van der Waals surface area contributed by atoms with Gasteiger partial charge in [-0.2, -0.15) is 28.1 Å². The van der Waals surface area contributed by atoms with Crippen molar-refractivity contribution in [2.24, 2.45) is 0 Å². The molecule has 1 saturated carbocycles. The van der Waals surface area contributed by atoms with Gasteiger partial charge in [-0.15, -0.1) is 0 Å². The number of nitrogens with zero attached hydrogens (tertiary/aromatic N) is 4. The highest BCUT2D eigenvalue weighted by molar-refractivity contribution is 5.94. The molecule has 1 fully saturated rings. The fraction of sp³-hybridized carbons (Fsp3) is 0.485. The average molecular weight is 672 g/mol. The normalized spacial score (nSPS) is 17.2. The number of hydrogen-bond acceptors (Lipinski definition) is 10. The molecular weight excluding hydrogens is 631 g/mol. The van der Waals surface area contributed by atoms with Gasteiger partial charge in [0, 0.05) is 30.9 Å². The Bertz CT molecular complexity index is 1560. The highest BCUT2D eigenvalue weighted by Gasteiger charge is 2.45. The third kappa shape index (κ3) is 10.1. The number of alkyl halides is 3. The Morgan fingerprint density at radius 2 is 1.62 bits per heavy atom. The number of nitrogens with one attached hydrogen (secondary N) is 3. The fourth-order valence-electron chi connectivity index (χ4n) is 5.01. The maximum absolute atomic E-state index is 12.9. The summed E-state index contributed by atoms with van der Waals surface area (Å²) in [5.41, 5.74) is 0.671. The van der Waals surface area contributed by atoms with Crippen molar-refractivity contribution < 1.29 is 37.0 Å². The minimum absolute atomic E-state index is 0.0348. The summed E-state index contributed by atoms with van der Waals surface area (Å²) >= 11 is 0. The number of anilines is 3. The average Bonchev–Trinajstić information content (AvgIpc) is 3.80. The maximum Gasteiger partial charge on any atom is 0.422 e. The van der Waals surface area contributed by atoms with Gasteiger partial charge in [0.05, 0.1) is 12.1 Å². The lowest BCUT2D eigenvalue weighted by atomic mass is 10.1. The van der Waals surface area contributed by atoms with Gasteiger partial charge in [-0.05, 0) is 94.8 Å². The lowest BCUT2D eigenvalue weighted by Crippen LogP contribution is -2.38. The monoisotopic (exact) mass is 671 g/mol. The van der Waals surface area contributed by atoms with Crippen LogP contribution >= 0.6 is 0 Å². The molecule has 1 aromatic heterocycles. The molecule has 4 heterocycles. The molecule has 15 heteroatoms. The summed E-state index contributed by atoms with van der Waals surface area (Å²) in [6.07, 6.45) is -1.62. The number of amides is 2. The Labute approximate surface area is 276 Å². The molecule has 1 spiro atoms. The van der Waals surface area contributed by atoms with Gasteiger partial charge in [0.2, 0.25) is 11.9 Å². The first-order valence-electron chi connectivity index (χ1n) is 15.9. The van der Waals surface area contributed by atoms with Crippen LogP contribution in [0, 0.1) is 0 Å². The van der Waals surface area contributed by atoms with Crippen LogP contribution in [0.5, 0.6) is 11.8 Å². The second-order valence-electron chi connectivity index (χ2n) is 12.7. The molecule has 2 amide bonds. The second-order valence-corrected chi connectivity index (χ2v) is 12.7. The van der Waals surface area contributed by atoms with Crippen LogP contribution in [-0.2, 0) is 10.3 Å². The van der Waals surface area contributed by atoms with Gasteiger partial charge < -0.3 is 35.1 Å². The summed E-state index contributed by atoms with van der Waals surface area (Å²) in [6.45, 7) is 5.60. The highest BCUT2D eigenvalue weighted by Crippen LogP contribution is 2.48. The molecule has 0 unspecified atom stereocenters. The number of carbonyl (C=O) groups excluding carboxylic acids is 2. The van der Waals surface area contributed by atoms with Crippen molar-refractivity contribution >= 4 is 29.6 Å². The lowest BCUT2D eigenvalue weighted by Gasteiger charge is -2.27. The van der Waals surface area contributed by atoms with Crippen LogP contribution < -0.4 is 25.4 Å². The first kappa shape index (κ1) is 34.5. The number of rotatable bonds is 2. The molecule has 0 radical (unpaired) electrons. The van der Waals surface area contributed by atoms with Crippen LogP contribution in [0.3, 0.4) is 0 Å². The molecule has 258 valence electrons. The summed E-state index contributed by atoms with van der Waals surface area (Å²) in [4.78, 5) is 39.8. The smallest absolute Gasteiger partial charge is 0.422 e. The molecule has 0 saturated heterocycles. The number of fused-ring (bicyclic) bond motifs is 2. The Morgan fingerprint density at radius 3 is 2.29 bits per heavy atom. The number of benzene rings is 2. The van der Waals surface area contributed by atoms with Gasteiger partial charge in [-0.25, -0.2) is 4.79 Å². The Morgan fingerprint density at radius 1 is 0.938 bits per heavy atom. The second kappa shape index (κ2) is 14.5. The predicted octanol–water partition coefficient (Wildman–Crippen LogP) is 6.19. The van der Waals surface area contributed by atoms with Crippen LogP contribution in [0.15, 0.2) is 48.5 Å². The van der Waals surface area contributed by atoms with Crippen molar-refractivity contribution in [1.82, 2.24) is 25.2 Å². The van der Waals surface area contributed by atoms with E-state index in [1.165, 1.54) is 0 Å². The van der Waals surface area contributed by atoms with E-state index >= 15 is 0 Å². The number of hydrogen-bond donors (Lipinski definition) is 3. The van der Waals surface area contributed by atoms with E-state index in [0.717, 1.165) is 18.4 Å². The molecule has 48 heavy (non-hydrogen) atoms. The largest absolute Gasteiger partial charge is 0.494 e. The SMILES string of the molecule is CC(C)(C)OC(=O)N1CCCCNC(=O)c2ccc(cc2)Nc2nc(nc(OCC(F)(F)F)n2)NC2(CC2)c2ccc(cc2)OCCC1. The van der Waals surface area contributed by atoms with Crippen LogP contribution in [0.4, 0.5) is 35.5 Å². The van der Waals surface area contributed by atoms with Crippen LogP contribution in [-0.4, -0.2) is 76.5 Å². The summed E-state index contributed by atoms with van der Waals surface area (Å²) < 4.78 is 55.3. The van der Waals surface area contributed by atoms with E-state index in [2.05, 4.69) is 30.9 Å². The molecular formula is C33H40F3N7O5. The standard InChI is InChI=1S/C33H40F3N7O5/c1-31(2,3)48-30(45)43-18-5-4-17-37-26(44)22-7-11-24(12-8-22)38-27-39-28(41-29(40-27)47-21-33(34,35)36)42-32(15-16-32)23-9-13-25(14-10-23)46-20-6-19-43/h7-14H,4-6,15-21H2,1-3H3,(H,37,44)(H2,38,39,40,41,42). The molecule has 12 nitrogen and oxygen atoms in total. The first-order valence-corrected chi connectivity index (χ1v) is 15.9. The van der Waals surface area contributed by atoms with E-state index in [4.69, 9.17) is 14.2 Å². The molecule has 2 aromatic carbocycles. The van der Waals surface area contributed by atoms with Gasteiger partial charge >= 0.3 is 18.3 Å². The van der Waals surface area contributed by atoms with Gasteiger partial charge in [-0.3, -0.25) is 4.79 Å². The van der Waals surface area contributed by atoms with Crippen LogP contribution in [0.2, 0.25) is 0 Å². The van der Waals surface area contributed by atoms with Gasteiger partial charge in [0.25, 0.3) is 5.91 Å². The topological polar surface area (TPSA) is 140 Å². The number of ether oxygens (including phenoxy) is 3. The zero-order valence-corrected chi connectivity index (χ0v) is 27.2. The third-order valence-electron chi connectivity index (χ3n) is 7.52. The quantitative estimate of drug-likeness (QED) is 0.289. The molecule has 3 aromatic rings. The van der Waals surface area contributed by atoms with Crippen LogP contribution in [0.25, 0.3) is 0 Å². The van der Waals surface area contributed by atoms with Crippen molar-refractivity contribution in [3.8, 4) is 11.8 Å². The molecule has 7 rings (SSSR count). The molecule has 4 aliphatic rings. The minimum Gasteiger partial charge on any atom is -0.494 e. The molecule has 3 aliphatic heterocycles. The van der Waals surface area contributed by atoms with E-state index in [9.17, 15) is 22.8 Å². The van der Waals surface area contributed by atoms with E-state index < -0.39 is 36.0 Å². The Hall–Kier alpha value is -4.82. The van der Waals surface area contributed by atoms with Gasteiger partial charge in [-0.1, -0.05) is 12.1 Å². The fourth-order valence-corrected chi connectivity index (χ4v) is 5.01. The van der Waals surface area contributed by atoms with Crippen molar-refractivity contribution in [2.45, 2.75) is 70.2 Å². The lowest BCUT2D eigenvalue weighted by molar-refractivity contribution is -0.154. The highest BCUT2D eigenvalue weighted by atomic mass is 19.4. The van der Waals surface area contributed by atoms with E-state index in [1.54, 1.807) is 29.2 Å². The molecule has 3 N–H and O–H groups in total.